The number of aliphatic hydroxyl groups excluding tert-OH is 1. The maximum Gasteiger partial charge on any atom is 0.176 e. The van der Waals surface area contributed by atoms with Crippen molar-refractivity contribution >= 4 is 22.4 Å². The monoisotopic (exact) mass is 383 g/mol. The molecule has 150 valence electrons. The molecule has 2 aliphatic rings. The summed E-state index contributed by atoms with van der Waals surface area (Å²) < 4.78 is 8.08. The van der Waals surface area contributed by atoms with Gasteiger partial charge in [-0.3, -0.25) is 4.79 Å². The summed E-state index contributed by atoms with van der Waals surface area (Å²) in [5.74, 6) is 0.522. The standard InChI is InChI=1S/C22H29N3O3/c1-5-13-10-14-20(27)16(12-28-21(14)15(19(13)26)11-24(2)3)22-23-17-8-6-7-9-18(17)25(22)4/h6-9,12-15,19,21,26H,5,10-11H2,1-4H3. The van der Waals surface area contributed by atoms with E-state index in [2.05, 4.69) is 16.8 Å². The van der Waals surface area contributed by atoms with Crippen molar-refractivity contribution in [1.29, 1.82) is 0 Å². The molecule has 0 radical (unpaired) electrons. The Morgan fingerprint density at radius 3 is 2.75 bits per heavy atom. The van der Waals surface area contributed by atoms with Crippen molar-refractivity contribution in [2.45, 2.75) is 32.0 Å². The Balaban J connectivity index is 1.72. The number of allylic oxidation sites excluding steroid dienone is 1. The highest BCUT2D eigenvalue weighted by atomic mass is 16.5. The number of fused-ring (bicyclic) bond motifs is 2. The Bertz CT molecular complexity index is 917. The van der Waals surface area contributed by atoms with E-state index in [0.29, 0.717) is 24.4 Å². The van der Waals surface area contributed by atoms with Crippen LogP contribution in [-0.2, 0) is 16.6 Å². The lowest BCUT2D eigenvalue weighted by Crippen LogP contribution is -2.54. The van der Waals surface area contributed by atoms with Crippen LogP contribution in [0.15, 0.2) is 30.5 Å². The first-order valence-electron chi connectivity index (χ1n) is 10.1. The Morgan fingerprint density at radius 1 is 1.32 bits per heavy atom. The Hall–Kier alpha value is -2.18. The zero-order valence-electron chi connectivity index (χ0n) is 17.0. The number of carbonyl (C=O) groups excluding carboxylic acids is 1. The Labute approximate surface area is 165 Å². The van der Waals surface area contributed by atoms with Crippen molar-refractivity contribution in [3.8, 4) is 0 Å². The number of aromatic nitrogens is 2. The number of hydrogen-bond donors (Lipinski definition) is 1. The minimum Gasteiger partial charge on any atom is -0.496 e. The smallest absolute Gasteiger partial charge is 0.176 e. The highest BCUT2D eigenvalue weighted by Crippen LogP contribution is 2.43. The van der Waals surface area contributed by atoms with Crippen LogP contribution in [0, 0.1) is 17.8 Å². The van der Waals surface area contributed by atoms with Crippen molar-refractivity contribution in [2.24, 2.45) is 24.8 Å². The first-order chi connectivity index (χ1) is 13.4. The molecule has 28 heavy (non-hydrogen) atoms. The van der Waals surface area contributed by atoms with Gasteiger partial charge in [0.05, 0.1) is 34.9 Å². The van der Waals surface area contributed by atoms with Gasteiger partial charge in [0, 0.05) is 19.5 Å². The number of ether oxygens (including phenoxy) is 1. The average molecular weight is 383 g/mol. The van der Waals surface area contributed by atoms with Gasteiger partial charge in [-0.25, -0.2) is 4.98 Å². The van der Waals surface area contributed by atoms with Crippen LogP contribution >= 0.6 is 0 Å². The van der Waals surface area contributed by atoms with Gasteiger partial charge >= 0.3 is 0 Å². The number of imidazole rings is 1. The SMILES string of the molecule is CCC1CC2C(=O)C(c3nc4ccccc4n3C)=COC2C(CN(C)C)C1O. The highest BCUT2D eigenvalue weighted by Gasteiger charge is 2.50. The van der Waals surface area contributed by atoms with E-state index in [0.717, 1.165) is 17.5 Å². The van der Waals surface area contributed by atoms with E-state index in [4.69, 9.17) is 4.74 Å². The molecule has 1 N–H and O–H groups in total. The number of Topliss-reactive ketones (excluding diaryl/α,β-unsaturated/α-hetero) is 1. The molecule has 0 amide bonds. The molecular formula is C22H29N3O3. The van der Waals surface area contributed by atoms with E-state index in [1.807, 2.05) is 50.0 Å². The largest absolute Gasteiger partial charge is 0.496 e. The first-order valence-corrected chi connectivity index (χ1v) is 10.1. The van der Waals surface area contributed by atoms with Gasteiger partial charge in [0.1, 0.15) is 11.9 Å². The molecule has 2 aromatic rings. The summed E-state index contributed by atoms with van der Waals surface area (Å²) in [5, 5.41) is 10.9. The zero-order valence-corrected chi connectivity index (χ0v) is 17.0. The number of ketones is 1. The number of aryl methyl sites for hydroxylation is 1. The summed E-state index contributed by atoms with van der Waals surface area (Å²) in [4.78, 5) is 20.2. The molecule has 2 heterocycles. The summed E-state index contributed by atoms with van der Waals surface area (Å²) in [7, 11) is 5.91. The number of nitrogens with zero attached hydrogens (tertiary/aromatic N) is 3. The molecule has 1 saturated carbocycles. The maximum atomic E-state index is 13.5. The van der Waals surface area contributed by atoms with E-state index in [1.54, 1.807) is 6.26 Å². The second-order valence-electron chi connectivity index (χ2n) is 8.41. The molecule has 4 rings (SSSR count). The van der Waals surface area contributed by atoms with E-state index in [9.17, 15) is 9.90 Å². The van der Waals surface area contributed by atoms with Crippen LogP contribution in [0.5, 0.6) is 0 Å². The van der Waals surface area contributed by atoms with Crippen molar-refractivity contribution in [1.82, 2.24) is 14.5 Å². The molecule has 0 saturated heterocycles. The van der Waals surface area contributed by atoms with E-state index in [1.165, 1.54) is 0 Å². The van der Waals surface area contributed by atoms with E-state index >= 15 is 0 Å². The minimum atomic E-state index is -0.452. The second kappa shape index (κ2) is 7.33. The fraction of sp³-hybridized carbons (Fsp3) is 0.545. The van der Waals surface area contributed by atoms with E-state index in [-0.39, 0.29) is 29.6 Å². The molecule has 1 fully saturated rings. The summed E-state index contributed by atoms with van der Waals surface area (Å²) in [6.45, 7) is 2.78. The first kappa shape index (κ1) is 19.2. The normalized spacial score (nSPS) is 30.3. The number of rotatable bonds is 4. The van der Waals surface area contributed by atoms with Crippen molar-refractivity contribution < 1.29 is 14.6 Å². The molecule has 1 aromatic carbocycles. The zero-order chi connectivity index (χ0) is 20.0. The predicted octanol–water partition coefficient (Wildman–Crippen LogP) is 2.47. The summed E-state index contributed by atoms with van der Waals surface area (Å²) in [5.41, 5.74) is 2.39. The van der Waals surface area contributed by atoms with Gasteiger partial charge in [-0.1, -0.05) is 25.5 Å². The third-order valence-corrected chi connectivity index (χ3v) is 6.37. The van der Waals surface area contributed by atoms with Crippen LogP contribution < -0.4 is 0 Å². The number of aliphatic hydroxyl groups is 1. The lowest BCUT2D eigenvalue weighted by atomic mass is 9.67. The van der Waals surface area contributed by atoms with Crippen molar-refractivity contribution in [2.75, 3.05) is 20.6 Å². The molecule has 0 spiro atoms. The fourth-order valence-electron chi connectivity index (χ4n) is 4.89. The van der Waals surface area contributed by atoms with Gasteiger partial charge in [0.15, 0.2) is 5.78 Å². The third kappa shape index (κ3) is 3.05. The molecule has 1 aromatic heterocycles. The molecule has 0 bridgehead atoms. The number of hydrogen-bond acceptors (Lipinski definition) is 5. The van der Waals surface area contributed by atoms with Gasteiger partial charge in [-0.05, 0) is 38.6 Å². The summed E-state index contributed by atoms with van der Waals surface area (Å²) >= 11 is 0. The summed E-state index contributed by atoms with van der Waals surface area (Å²) in [6.07, 6.45) is 2.35. The molecule has 6 nitrogen and oxygen atoms in total. The van der Waals surface area contributed by atoms with Gasteiger partial charge < -0.3 is 19.3 Å². The van der Waals surface area contributed by atoms with Crippen LogP contribution in [0.4, 0.5) is 0 Å². The quantitative estimate of drug-likeness (QED) is 0.879. The number of carbonyl (C=O) groups is 1. The summed E-state index contributed by atoms with van der Waals surface area (Å²) in [6, 6.07) is 7.87. The van der Waals surface area contributed by atoms with Crippen LogP contribution in [-0.4, -0.2) is 58.2 Å². The van der Waals surface area contributed by atoms with Crippen LogP contribution in [0.25, 0.3) is 16.6 Å². The Morgan fingerprint density at radius 2 is 2.07 bits per heavy atom. The van der Waals surface area contributed by atoms with Gasteiger partial charge in [0.25, 0.3) is 0 Å². The average Bonchev–Trinajstić information content (AvgIpc) is 3.01. The predicted molar refractivity (Wildman–Crippen MR) is 109 cm³/mol. The fourth-order valence-corrected chi connectivity index (χ4v) is 4.89. The van der Waals surface area contributed by atoms with Crippen molar-refractivity contribution in [3.05, 3.63) is 36.4 Å². The number of para-hydroxylation sites is 2. The number of benzene rings is 1. The highest BCUT2D eigenvalue weighted by molar-refractivity contribution is 6.21. The molecule has 5 unspecified atom stereocenters. The van der Waals surface area contributed by atoms with Gasteiger partial charge in [-0.15, -0.1) is 0 Å². The molecule has 1 aliphatic carbocycles. The maximum absolute atomic E-state index is 13.5. The van der Waals surface area contributed by atoms with Gasteiger partial charge in [0.2, 0.25) is 0 Å². The van der Waals surface area contributed by atoms with Crippen LogP contribution in [0.1, 0.15) is 25.6 Å². The molecule has 1 aliphatic heterocycles. The topological polar surface area (TPSA) is 67.6 Å². The lowest BCUT2D eigenvalue weighted by molar-refractivity contribution is -0.140. The second-order valence-corrected chi connectivity index (χ2v) is 8.41. The Kier molecular flexibility index (Phi) is 5.02. The lowest BCUT2D eigenvalue weighted by Gasteiger charge is -2.46. The minimum absolute atomic E-state index is 0.0825. The van der Waals surface area contributed by atoms with Crippen LogP contribution in [0.2, 0.25) is 0 Å². The van der Waals surface area contributed by atoms with Crippen molar-refractivity contribution in [3.63, 3.8) is 0 Å². The van der Waals surface area contributed by atoms with E-state index < -0.39 is 6.10 Å². The molecule has 5 atom stereocenters. The van der Waals surface area contributed by atoms with Gasteiger partial charge in [-0.2, -0.15) is 0 Å². The van der Waals surface area contributed by atoms with Crippen LogP contribution in [0.3, 0.4) is 0 Å². The molecular weight excluding hydrogens is 354 g/mol. The molecule has 6 heteroatoms. The third-order valence-electron chi connectivity index (χ3n) is 6.37.